The van der Waals surface area contributed by atoms with E-state index in [-0.39, 0.29) is 11.1 Å². The quantitative estimate of drug-likeness (QED) is 0.919. The highest BCUT2D eigenvalue weighted by atomic mass is 32.2. The molecular formula is C11H16N4OS2. The van der Waals surface area contributed by atoms with Crippen LogP contribution in [0.3, 0.4) is 0 Å². The van der Waals surface area contributed by atoms with E-state index < -0.39 is 0 Å². The van der Waals surface area contributed by atoms with Gasteiger partial charge in [0, 0.05) is 28.8 Å². The molecule has 7 heteroatoms. The molecule has 0 aliphatic carbocycles. The molecule has 0 saturated heterocycles. The highest BCUT2D eigenvalue weighted by Gasteiger charge is 2.12. The third kappa shape index (κ3) is 3.30. The Hall–Kier alpha value is -0.920. The fourth-order valence-corrected chi connectivity index (χ4v) is 3.51. The number of rotatable bonds is 4. The maximum Gasteiger partial charge on any atom is 0.275 e. The number of aryl methyl sites for hydroxylation is 1. The molecule has 2 aromatic rings. The van der Waals surface area contributed by atoms with Crippen molar-refractivity contribution in [2.75, 3.05) is 5.75 Å². The summed E-state index contributed by atoms with van der Waals surface area (Å²) in [6.45, 7) is 5.80. The summed E-state index contributed by atoms with van der Waals surface area (Å²) >= 11 is 3.17. The van der Waals surface area contributed by atoms with Crippen LogP contribution in [0.2, 0.25) is 0 Å². The summed E-state index contributed by atoms with van der Waals surface area (Å²) in [4.78, 5) is 16.6. The summed E-state index contributed by atoms with van der Waals surface area (Å²) in [6, 6.07) is 1.49. The highest BCUT2D eigenvalue weighted by molar-refractivity contribution is 7.98. The third-order valence-corrected chi connectivity index (χ3v) is 4.63. The molecule has 0 bridgehead atoms. The molecule has 0 amide bonds. The van der Waals surface area contributed by atoms with Crippen molar-refractivity contribution in [1.82, 2.24) is 14.6 Å². The minimum absolute atomic E-state index is 0.121. The van der Waals surface area contributed by atoms with E-state index in [4.69, 9.17) is 5.73 Å². The number of thioether (sulfide) groups is 1. The molecule has 0 aromatic carbocycles. The number of nitrogens with zero attached hydrogens (tertiary/aromatic N) is 3. The van der Waals surface area contributed by atoms with Gasteiger partial charge in [0.1, 0.15) is 5.01 Å². The number of hydrogen-bond acceptors (Lipinski definition) is 6. The van der Waals surface area contributed by atoms with Crippen molar-refractivity contribution >= 4 is 28.1 Å². The van der Waals surface area contributed by atoms with Crippen molar-refractivity contribution in [3.05, 3.63) is 27.1 Å². The maximum atomic E-state index is 11.7. The summed E-state index contributed by atoms with van der Waals surface area (Å²) in [5.41, 5.74) is 6.33. The van der Waals surface area contributed by atoms with E-state index in [1.807, 2.05) is 20.8 Å². The van der Waals surface area contributed by atoms with E-state index in [1.165, 1.54) is 21.9 Å². The zero-order chi connectivity index (χ0) is 13.3. The second-order valence-corrected chi connectivity index (χ2v) is 6.93. The first-order chi connectivity index (χ1) is 8.35. The van der Waals surface area contributed by atoms with E-state index in [0.717, 1.165) is 22.2 Å². The van der Waals surface area contributed by atoms with E-state index in [2.05, 4.69) is 10.1 Å². The fourth-order valence-electron chi connectivity index (χ4n) is 1.42. The van der Waals surface area contributed by atoms with Crippen molar-refractivity contribution in [3.63, 3.8) is 0 Å². The van der Waals surface area contributed by atoms with Crippen molar-refractivity contribution in [1.29, 1.82) is 0 Å². The minimum atomic E-state index is -0.187. The minimum Gasteiger partial charge on any atom is -0.325 e. The fraction of sp³-hybridized carbons (Fsp3) is 0.545. The summed E-state index contributed by atoms with van der Waals surface area (Å²) in [5, 5.41) is 5.17. The lowest BCUT2D eigenvalue weighted by molar-refractivity contribution is 0.591. The zero-order valence-electron chi connectivity index (χ0n) is 10.6. The largest absolute Gasteiger partial charge is 0.325 e. The van der Waals surface area contributed by atoms with Crippen molar-refractivity contribution < 1.29 is 0 Å². The van der Waals surface area contributed by atoms with Gasteiger partial charge in [-0.1, -0.05) is 11.3 Å². The summed E-state index contributed by atoms with van der Waals surface area (Å²) in [5.74, 6) is 1.61. The monoisotopic (exact) mass is 284 g/mol. The van der Waals surface area contributed by atoms with Gasteiger partial charge in [-0.2, -0.15) is 21.4 Å². The van der Waals surface area contributed by atoms with Crippen LogP contribution >= 0.6 is 23.1 Å². The van der Waals surface area contributed by atoms with Crippen LogP contribution in [0.5, 0.6) is 0 Å². The molecule has 0 aliphatic heterocycles. The molecule has 5 nitrogen and oxygen atoms in total. The van der Waals surface area contributed by atoms with E-state index in [9.17, 15) is 4.79 Å². The Morgan fingerprint density at radius 2 is 2.28 bits per heavy atom. The van der Waals surface area contributed by atoms with Crippen LogP contribution in [0, 0.1) is 6.92 Å². The average molecular weight is 284 g/mol. The van der Waals surface area contributed by atoms with Crippen LogP contribution in [0.15, 0.2) is 10.9 Å². The molecule has 0 aliphatic rings. The van der Waals surface area contributed by atoms with Gasteiger partial charge in [-0.25, -0.2) is 4.98 Å². The lowest BCUT2D eigenvalue weighted by Gasteiger charge is -2.16. The highest BCUT2D eigenvalue weighted by Crippen LogP contribution is 2.19. The molecule has 2 N–H and O–H groups in total. The van der Waals surface area contributed by atoms with Gasteiger partial charge in [0.25, 0.3) is 5.56 Å². The molecule has 2 heterocycles. The summed E-state index contributed by atoms with van der Waals surface area (Å²) < 4.78 is 1.36. The van der Waals surface area contributed by atoms with Gasteiger partial charge < -0.3 is 5.73 Å². The second kappa shape index (κ2) is 4.99. The van der Waals surface area contributed by atoms with Gasteiger partial charge in [0.05, 0.1) is 0 Å². The van der Waals surface area contributed by atoms with Crippen LogP contribution < -0.4 is 11.3 Å². The Labute approximate surface area is 113 Å². The standard InChI is InChI=1S/C11H16N4OS2/c1-7-4-9(16)15-10(13-7)18-8(14-15)5-17-6-11(2,3)12/h4H,5-6,12H2,1-3H3. The lowest BCUT2D eigenvalue weighted by Crippen LogP contribution is -2.34. The van der Waals surface area contributed by atoms with Crippen molar-refractivity contribution in [3.8, 4) is 0 Å². The second-order valence-electron chi connectivity index (χ2n) is 4.91. The first kappa shape index (κ1) is 13.5. The molecule has 0 unspecified atom stereocenters. The van der Waals surface area contributed by atoms with Gasteiger partial charge in [0.15, 0.2) is 0 Å². The molecule has 18 heavy (non-hydrogen) atoms. The molecule has 0 radical (unpaired) electrons. The lowest BCUT2D eigenvalue weighted by atomic mass is 10.1. The Balaban J connectivity index is 2.16. The first-order valence-electron chi connectivity index (χ1n) is 5.58. The van der Waals surface area contributed by atoms with E-state index in [0.29, 0.717) is 4.96 Å². The number of aromatic nitrogens is 3. The molecule has 2 rings (SSSR count). The molecule has 2 aromatic heterocycles. The van der Waals surface area contributed by atoms with E-state index in [1.54, 1.807) is 11.8 Å². The molecule has 0 saturated carbocycles. The smallest absolute Gasteiger partial charge is 0.275 e. The van der Waals surface area contributed by atoms with Gasteiger partial charge in [-0.3, -0.25) is 4.79 Å². The normalized spacial score (nSPS) is 12.2. The summed E-state index contributed by atoms with van der Waals surface area (Å²) in [7, 11) is 0. The third-order valence-electron chi connectivity index (χ3n) is 2.11. The van der Waals surface area contributed by atoms with Crippen LogP contribution in [-0.4, -0.2) is 25.9 Å². The van der Waals surface area contributed by atoms with Crippen LogP contribution in [0.1, 0.15) is 24.5 Å². The Morgan fingerprint density at radius 3 is 2.94 bits per heavy atom. The summed E-state index contributed by atoms with van der Waals surface area (Å²) in [6.07, 6.45) is 0. The molecular weight excluding hydrogens is 268 g/mol. The van der Waals surface area contributed by atoms with Crippen LogP contribution in [0.25, 0.3) is 4.96 Å². The predicted octanol–water partition coefficient (Wildman–Crippen LogP) is 1.43. The molecule has 0 fully saturated rings. The first-order valence-corrected chi connectivity index (χ1v) is 7.55. The average Bonchev–Trinajstić information content (AvgIpc) is 2.58. The van der Waals surface area contributed by atoms with E-state index >= 15 is 0 Å². The Bertz CT molecular complexity index is 612. The topological polar surface area (TPSA) is 73.3 Å². The van der Waals surface area contributed by atoms with Crippen LogP contribution in [-0.2, 0) is 5.75 Å². The Kier molecular flexibility index (Phi) is 3.74. The van der Waals surface area contributed by atoms with Gasteiger partial charge >= 0.3 is 0 Å². The number of fused-ring (bicyclic) bond motifs is 1. The molecule has 0 atom stereocenters. The maximum absolute atomic E-state index is 11.7. The van der Waals surface area contributed by atoms with Crippen molar-refractivity contribution in [2.24, 2.45) is 5.73 Å². The van der Waals surface area contributed by atoms with Crippen molar-refractivity contribution in [2.45, 2.75) is 32.1 Å². The zero-order valence-corrected chi connectivity index (χ0v) is 12.3. The van der Waals surface area contributed by atoms with Gasteiger partial charge in [-0.15, -0.1) is 0 Å². The van der Waals surface area contributed by atoms with Crippen LogP contribution in [0.4, 0.5) is 0 Å². The number of nitrogens with two attached hydrogens (primary N) is 1. The molecule has 0 spiro atoms. The SMILES string of the molecule is Cc1cc(=O)n2nc(CSCC(C)(C)N)sc2n1. The molecule has 98 valence electrons. The number of hydrogen-bond donors (Lipinski definition) is 1. The van der Waals surface area contributed by atoms with Gasteiger partial charge in [0.2, 0.25) is 4.96 Å². The predicted molar refractivity (Wildman–Crippen MR) is 76.3 cm³/mol. The van der Waals surface area contributed by atoms with Gasteiger partial charge in [-0.05, 0) is 20.8 Å². The Morgan fingerprint density at radius 1 is 1.56 bits per heavy atom.